The molecule has 0 amide bonds. The molecule has 0 aliphatic heterocycles. The number of fused-ring (bicyclic) bond motifs is 3. The lowest BCUT2D eigenvalue weighted by molar-refractivity contribution is 1.76. The lowest BCUT2D eigenvalue weighted by atomic mass is 10.0. The maximum Gasteiger partial charge on any atom is 0.0491 e. The fourth-order valence-electron chi connectivity index (χ4n) is 2.10. The van der Waals surface area contributed by atoms with Crippen molar-refractivity contribution in [1.29, 1.82) is 0 Å². The smallest absolute Gasteiger partial charge is 0.0491 e. The van der Waals surface area contributed by atoms with Crippen molar-refractivity contribution in [2.45, 2.75) is 0 Å². The van der Waals surface area contributed by atoms with Crippen LogP contribution in [0, 0.1) is 0 Å². The predicted octanol–water partition coefficient (Wildman–Crippen LogP) is 5.95. The monoisotopic (exact) mass is 280 g/mol. The molecule has 84 valence electrons. The molecule has 0 unspecified atom stereocenters. The minimum Gasteiger partial charge on any atom is -0.0837 e. The maximum absolute atomic E-state index is 6.26. The van der Waals surface area contributed by atoms with Gasteiger partial charge in [-0.1, -0.05) is 59.1 Å². The topological polar surface area (TPSA) is 0 Å². The summed E-state index contributed by atoms with van der Waals surface area (Å²) in [6, 6.07) is 13.4. The highest BCUT2D eigenvalue weighted by Crippen LogP contribution is 2.38. The molecule has 0 radical (unpaired) electrons. The molecular weight excluding hydrogens is 275 g/mol. The SMILES string of the molecule is Clc1cc2c(Cl)ccc(Cl)c2c2ccccc12. The normalized spacial score (nSPS) is 11.2. The van der Waals surface area contributed by atoms with E-state index in [0.717, 1.165) is 21.5 Å². The summed E-state index contributed by atoms with van der Waals surface area (Å²) in [7, 11) is 0. The molecule has 0 bridgehead atoms. The maximum atomic E-state index is 6.26. The number of hydrogen-bond acceptors (Lipinski definition) is 0. The summed E-state index contributed by atoms with van der Waals surface area (Å²) >= 11 is 18.7. The van der Waals surface area contributed by atoms with Gasteiger partial charge in [0, 0.05) is 31.2 Å². The first-order chi connectivity index (χ1) is 8.18. The minimum absolute atomic E-state index is 0.664. The number of hydrogen-bond donors (Lipinski definition) is 0. The molecule has 0 atom stereocenters. The molecule has 0 aliphatic carbocycles. The third kappa shape index (κ3) is 1.68. The van der Waals surface area contributed by atoms with Gasteiger partial charge in [0.25, 0.3) is 0 Å². The van der Waals surface area contributed by atoms with Gasteiger partial charge in [-0.15, -0.1) is 0 Å². The van der Waals surface area contributed by atoms with Gasteiger partial charge in [-0.25, -0.2) is 0 Å². The van der Waals surface area contributed by atoms with Gasteiger partial charge in [0.15, 0.2) is 0 Å². The van der Waals surface area contributed by atoms with E-state index in [9.17, 15) is 0 Å². The first-order valence-electron chi connectivity index (χ1n) is 5.13. The Morgan fingerprint density at radius 3 is 2.00 bits per heavy atom. The lowest BCUT2D eigenvalue weighted by Crippen LogP contribution is -1.81. The van der Waals surface area contributed by atoms with Crippen LogP contribution < -0.4 is 0 Å². The van der Waals surface area contributed by atoms with E-state index in [1.165, 1.54) is 0 Å². The molecule has 0 N–H and O–H groups in total. The van der Waals surface area contributed by atoms with Gasteiger partial charge in [0.05, 0.1) is 0 Å². The van der Waals surface area contributed by atoms with Crippen LogP contribution in [0.2, 0.25) is 15.1 Å². The Morgan fingerprint density at radius 1 is 0.588 bits per heavy atom. The molecule has 0 aromatic heterocycles. The second-order valence-corrected chi connectivity index (χ2v) is 5.08. The third-order valence-corrected chi connectivity index (χ3v) is 3.82. The van der Waals surface area contributed by atoms with Crippen molar-refractivity contribution in [3.8, 4) is 0 Å². The van der Waals surface area contributed by atoms with Gasteiger partial charge in [-0.3, -0.25) is 0 Å². The molecule has 0 saturated heterocycles. The Hall–Kier alpha value is -0.950. The van der Waals surface area contributed by atoms with Crippen molar-refractivity contribution in [2.75, 3.05) is 0 Å². The molecule has 3 aromatic carbocycles. The number of benzene rings is 3. The zero-order valence-electron chi connectivity index (χ0n) is 8.68. The van der Waals surface area contributed by atoms with Gasteiger partial charge in [0.2, 0.25) is 0 Å². The largest absolute Gasteiger partial charge is 0.0837 e. The zero-order chi connectivity index (χ0) is 12.0. The van der Waals surface area contributed by atoms with Crippen LogP contribution in [0.25, 0.3) is 21.5 Å². The molecule has 17 heavy (non-hydrogen) atoms. The van der Waals surface area contributed by atoms with E-state index < -0.39 is 0 Å². The fourth-order valence-corrected chi connectivity index (χ4v) is 2.85. The average molecular weight is 282 g/mol. The Labute approximate surface area is 114 Å². The summed E-state index contributed by atoms with van der Waals surface area (Å²) in [5.74, 6) is 0. The van der Waals surface area contributed by atoms with Gasteiger partial charge < -0.3 is 0 Å². The Kier molecular flexibility index (Phi) is 2.67. The second-order valence-electron chi connectivity index (χ2n) is 3.86. The van der Waals surface area contributed by atoms with Crippen LogP contribution in [0.3, 0.4) is 0 Å². The molecule has 3 heteroatoms. The minimum atomic E-state index is 0.664. The summed E-state index contributed by atoms with van der Waals surface area (Å²) in [6.07, 6.45) is 0. The highest BCUT2D eigenvalue weighted by atomic mass is 35.5. The summed E-state index contributed by atoms with van der Waals surface area (Å²) < 4.78 is 0. The summed E-state index contributed by atoms with van der Waals surface area (Å²) in [5, 5.41) is 5.92. The Morgan fingerprint density at radius 2 is 1.24 bits per heavy atom. The van der Waals surface area contributed by atoms with Crippen molar-refractivity contribution >= 4 is 56.3 Å². The van der Waals surface area contributed by atoms with Crippen molar-refractivity contribution in [3.05, 3.63) is 57.5 Å². The van der Waals surface area contributed by atoms with Crippen LogP contribution in [0.4, 0.5) is 0 Å². The van der Waals surface area contributed by atoms with Gasteiger partial charge in [0.1, 0.15) is 0 Å². The van der Waals surface area contributed by atoms with Gasteiger partial charge in [-0.2, -0.15) is 0 Å². The van der Waals surface area contributed by atoms with Crippen LogP contribution in [0.15, 0.2) is 42.5 Å². The van der Waals surface area contributed by atoms with Crippen LogP contribution in [-0.2, 0) is 0 Å². The summed E-state index contributed by atoms with van der Waals surface area (Å²) in [4.78, 5) is 0. The van der Waals surface area contributed by atoms with E-state index in [-0.39, 0.29) is 0 Å². The fraction of sp³-hybridized carbons (Fsp3) is 0. The van der Waals surface area contributed by atoms with Crippen LogP contribution in [0.5, 0.6) is 0 Å². The highest BCUT2D eigenvalue weighted by molar-refractivity contribution is 6.45. The van der Waals surface area contributed by atoms with E-state index in [1.54, 1.807) is 6.07 Å². The average Bonchev–Trinajstić information content (AvgIpc) is 2.34. The number of rotatable bonds is 0. The molecule has 0 aliphatic rings. The molecule has 0 heterocycles. The van der Waals surface area contributed by atoms with Crippen molar-refractivity contribution in [2.24, 2.45) is 0 Å². The Bertz CT molecular complexity index is 732. The molecule has 3 aromatic rings. The van der Waals surface area contributed by atoms with Gasteiger partial charge in [-0.05, 0) is 23.6 Å². The first-order valence-corrected chi connectivity index (χ1v) is 6.27. The first kappa shape index (κ1) is 11.2. The van der Waals surface area contributed by atoms with Crippen LogP contribution in [-0.4, -0.2) is 0 Å². The molecule has 3 rings (SSSR count). The lowest BCUT2D eigenvalue weighted by Gasteiger charge is -2.09. The number of halogens is 3. The molecule has 0 nitrogen and oxygen atoms in total. The van der Waals surface area contributed by atoms with E-state index in [4.69, 9.17) is 34.8 Å². The molecule has 0 fully saturated rings. The zero-order valence-corrected chi connectivity index (χ0v) is 10.9. The molecule has 0 saturated carbocycles. The van der Waals surface area contributed by atoms with Crippen molar-refractivity contribution < 1.29 is 0 Å². The predicted molar refractivity (Wildman–Crippen MR) is 76.5 cm³/mol. The van der Waals surface area contributed by atoms with E-state index in [1.807, 2.05) is 36.4 Å². The highest BCUT2D eigenvalue weighted by Gasteiger charge is 2.10. The van der Waals surface area contributed by atoms with Crippen LogP contribution >= 0.6 is 34.8 Å². The van der Waals surface area contributed by atoms with E-state index in [0.29, 0.717) is 15.1 Å². The van der Waals surface area contributed by atoms with Crippen molar-refractivity contribution in [1.82, 2.24) is 0 Å². The van der Waals surface area contributed by atoms with Crippen molar-refractivity contribution in [3.63, 3.8) is 0 Å². The molecular formula is C14H7Cl3. The van der Waals surface area contributed by atoms with E-state index >= 15 is 0 Å². The quantitative estimate of drug-likeness (QED) is 0.446. The summed E-state index contributed by atoms with van der Waals surface area (Å²) in [5.41, 5.74) is 0. The van der Waals surface area contributed by atoms with Crippen LogP contribution in [0.1, 0.15) is 0 Å². The second kappa shape index (κ2) is 4.06. The Balaban J connectivity index is 2.68. The molecule has 0 spiro atoms. The standard InChI is InChI=1S/C14H7Cl3/c15-11-5-6-12(16)14-9-4-2-1-3-8(9)13(17)7-10(11)14/h1-7H. The van der Waals surface area contributed by atoms with E-state index in [2.05, 4.69) is 0 Å². The summed E-state index contributed by atoms with van der Waals surface area (Å²) in [6.45, 7) is 0. The van der Waals surface area contributed by atoms with Gasteiger partial charge >= 0.3 is 0 Å². The third-order valence-electron chi connectivity index (χ3n) is 2.87.